The van der Waals surface area contributed by atoms with Crippen molar-refractivity contribution in [3.05, 3.63) is 48.6 Å². The standard InChI is InChI=1S/C17H14N4O3S/c1-21(17-18-11-5-2-3-7-13(11)25-17)15(22)9-8-14-19-16(20-24-14)12-6-4-10-23-12/h2-7,10H,8-9H2,1H3. The van der Waals surface area contributed by atoms with E-state index in [0.29, 0.717) is 29.0 Å². The van der Waals surface area contributed by atoms with Crippen LogP contribution in [0.15, 0.2) is 51.6 Å². The van der Waals surface area contributed by atoms with Crippen LogP contribution < -0.4 is 4.90 Å². The summed E-state index contributed by atoms with van der Waals surface area (Å²) < 4.78 is 11.4. The molecule has 7 nitrogen and oxygen atoms in total. The molecule has 0 N–H and O–H groups in total. The van der Waals surface area contributed by atoms with Gasteiger partial charge in [-0.05, 0) is 24.3 Å². The third kappa shape index (κ3) is 3.16. The number of aryl methyl sites for hydroxylation is 1. The zero-order valence-corrected chi connectivity index (χ0v) is 14.2. The molecule has 126 valence electrons. The fraction of sp³-hybridized carbons (Fsp3) is 0.176. The fourth-order valence-corrected chi connectivity index (χ4v) is 3.30. The van der Waals surface area contributed by atoms with Crippen molar-refractivity contribution in [3.63, 3.8) is 0 Å². The molecule has 3 aromatic heterocycles. The van der Waals surface area contributed by atoms with Crippen LogP contribution in [0.1, 0.15) is 12.3 Å². The van der Waals surface area contributed by atoms with Gasteiger partial charge in [0, 0.05) is 19.9 Å². The first kappa shape index (κ1) is 15.5. The Balaban J connectivity index is 1.41. The molecule has 3 heterocycles. The minimum Gasteiger partial charge on any atom is -0.461 e. The number of aromatic nitrogens is 3. The highest BCUT2D eigenvalue weighted by molar-refractivity contribution is 7.22. The normalized spacial score (nSPS) is 11.1. The molecule has 25 heavy (non-hydrogen) atoms. The topological polar surface area (TPSA) is 85.3 Å². The van der Waals surface area contributed by atoms with Crippen molar-refractivity contribution in [3.8, 4) is 11.6 Å². The molecule has 0 atom stereocenters. The van der Waals surface area contributed by atoms with E-state index in [1.54, 1.807) is 30.3 Å². The van der Waals surface area contributed by atoms with Gasteiger partial charge in [0.15, 0.2) is 10.9 Å². The first-order chi connectivity index (χ1) is 12.2. The minimum atomic E-state index is -0.0585. The van der Waals surface area contributed by atoms with Gasteiger partial charge in [0.25, 0.3) is 0 Å². The third-order valence-corrected chi connectivity index (χ3v) is 4.82. The zero-order chi connectivity index (χ0) is 17.2. The molecular weight excluding hydrogens is 340 g/mol. The van der Waals surface area contributed by atoms with Crippen molar-refractivity contribution < 1.29 is 13.7 Å². The molecule has 0 aliphatic rings. The van der Waals surface area contributed by atoms with Gasteiger partial charge < -0.3 is 8.94 Å². The van der Waals surface area contributed by atoms with E-state index in [-0.39, 0.29) is 12.3 Å². The Labute approximate surface area is 146 Å². The monoisotopic (exact) mass is 354 g/mol. The molecular formula is C17H14N4O3S. The zero-order valence-electron chi connectivity index (χ0n) is 13.4. The highest BCUT2D eigenvalue weighted by Crippen LogP contribution is 2.28. The van der Waals surface area contributed by atoms with Crippen molar-refractivity contribution in [2.45, 2.75) is 12.8 Å². The summed E-state index contributed by atoms with van der Waals surface area (Å²) in [6, 6.07) is 11.3. The van der Waals surface area contributed by atoms with E-state index in [1.807, 2.05) is 24.3 Å². The number of hydrogen-bond acceptors (Lipinski definition) is 7. The van der Waals surface area contributed by atoms with E-state index in [1.165, 1.54) is 11.3 Å². The first-order valence-electron chi connectivity index (χ1n) is 7.69. The number of rotatable bonds is 5. The Hall–Kier alpha value is -3.00. The Morgan fingerprint density at radius 1 is 1.20 bits per heavy atom. The largest absolute Gasteiger partial charge is 0.461 e. The number of carbonyl (C=O) groups excluding carboxylic acids is 1. The summed E-state index contributed by atoms with van der Waals surface area (Å²) in [4.78, 5) is 22.7. The van der Waals surface area contributed by atoms with Crippen LogP contribution in [0.3, 0.4) is 0 Å². The average molecular weight is 354 g/mol. The second kappa shape index (κ2) is 6.48. The fourth-order valence-electron chi connectivity index (χ4n) is 2.35. The van der Waals surface area contributed by atoms with Crippen LogP contribution in [0.25, 0.3) is 21.8 Å². The van der Waals surface area contributed by atoms with Crippen LogP contribution in [0.5, 0.6) is 0 Å². The maximum atomic E-state index is 12.4. The van der Waals surface area contributed by atoms with Gasteiger partial charge in [-0.3, -0.25) is 9.69 Å². The van der Waals surface area contributed by atoms with Crippen LogP contribution in [0, 0.1) is 0 Å². The number of nitrogens with zero attached hydrogens (tertiary/aromatic N) is 4. The number of amides is 1. The van der Waals surface area contributed by atoms with Gasteiger partial charge in [-0.25, -0.2) is 4.98 Å². The highest BCUT2D eigenvalue weighted by atomic mass is 32.1. The molecule has 0 aliphatic heterocycles. The Morgan fingerprint density at radius 3 is 2.88 bits per heavy atom. The van der Waals surface area contributed by atoms with Crippen LogP contribution >= 0.6 is 11.3 Å². The van der Waals surface area contributed by atoms with E-state index < -0.39 is 0 Å². The molecule has 0 bridgehead atoms. The van der Waals surface area contributed by atoms with Crippen molar-refractivity contribution in [2.24, 2.45) is 0 Å². The summed E-state index contributed by atoms with van der Waals surface area (Å²) in [7, 11) is 1.72. The number of carbonyl (C=O) groups is 1. The lowest BCUT2D eigenvalue weighted by molar-refractivity contribution is -0.118. The molecule has 1 amide bonds. The molecule has 0 fully saturated rings. The molecule has 0 unspecified atom stereocenters. The third-order valence-electron chi connectivity index (χ3n) is 3.71. The molecule has 1 aromatic carbocycles. The quantitative estimate of drug-likeness (QED) is 0.545. The van der Waals surface area contributed by atoms with Crippen LogP contribution in [0.4, 0.5) is 5.13 Å². The number of anilines is 1. The lowest BCUT2D eigenvalue weighted by Crippen LogP contribution is -2.26. The summed E-state index contributed by atoms with van der Waals surface area (Å²) >= 11 is 1.49. The van der Waals surface area contributed by atoms with Crippen LogP contribution in [-0.4, -0.2) is 28.1 Å². The lowest BCUT2D eigenvalue weighted by Gasteiger charge is -2.12. The Kier molecular flexibility index (Phi) is 4.02. The van der Waals surface area contributed by atoms with E-state index in [4.69, 9.17) is 8.94 Å². The highest BCUT2D eigenvalue weighted by Gasteiger charge is 2.17. The smallest absolute Gasteiger partial charge is 0.238 e. The molecule has 8 heteroatoms. The Bertz CT molecular complexity index is 973. The van der Waals surface area contributed by atoms with Crippen molar-refractivity contribution in [1.29, 1.82) is 0 Å². The first-order valence-corrected chi connectivity index (χ1v) is 8.51. The van der Waals surface area contributed by atoms with Crippen LogP contribution in [0.2, 0.25) is 0 Å². The Morgan fingerprint density at radius 2 is 2.08 bits per heavy atom. The number of benzene rings is 1. The summed E-state index contributed by atoms with van der Waals surface area (Å²) in [5.41, 5.74) is 0.891. The maximum Gasteiger partial charge on any atom is 0.238 e. The van der Waals surface area contributed by atoms with Gasteiger partial charge in [0.05, 0.1) is 16.5 Å². The number of furan rings is 1. The van der Waals surface area contributed by atoms with Gasteiger partial charge in [0.2, 0.25) is 17.6 Å². The average Bonchev–Trinajstić information content (AvgIpc) is 3.38. The molecule has 0 spiro atoms. The number of para-hydroxylation sites is 1. The maximum absolute atomic E-state index is 12.4. The van der Waals surface area contributed by atoms with Gasteiger partial charge in [0.1, 0.15) is 0 Å². The SMILES string of the molecule is CN(C(=O)CCc1nc(-c2ccco2)no1)c1nc2ccccc2s1. The molecule has 0 saturated heterocycles. The van der Waals surface area contributed by atoms with E-state index >= 15 is 0 Å². The van der Waals surface area contributed by atoms with Crippen molar-refractivity contribution in [2.75, 3.05) is 11.9 Å². The van der Waals surface area contributed by atoms with Gasteiger partial charge in [-0.1, -0.05) is 28.6 Å². The summed E-state index contributed by atoms with van der Waals surface area (Å²) in [6.45, 7) is 0. The van der Waals surface area contributed by atoms with E-state index in [2.05, 4.69) is 15.1 Å². The molecule has 4 aromatic rings. The number of hydrogen-bond donors (Lipinski definition) is 0. The van der Waals surface area contributed by atoms with Gasteiger partial charge in [-0.2, -0.15) is 4.98 Å². The lowest BCUT2D eigenvalue weighted by atomic mass is 10.3. The molecule has 0 radical (unpaired) electrons. The van der Waals surface area contributed by atoms with Crippen LogP contribution in [-0.2, 0) is 11.2 Å². The second-order valence-electron chi connectivity index (χ2n) is 5.41. The van der Waals surface area contributed by atoms with Crippen molar-refractivity contribution >= 4 is 32.6 Å². The minimum absolute atomic E-state index is 0.0585. The van der Waals surface area contributed by atoms with Gasteiger partial charge >= 0.3 is 0 Å². The van der Waals surface area contributed by atoms with E-state index in [9.17, 15) is 4.79 Å². The molecule has 4 rings (SSSR count). The van der Waals surface area contributed by atoms with Crippen molar-refractivity contribution in [1.82, 2.24) is 15.1 Å². The number of thiazole rings is 1. The summed E-state index contributed by atoms with van der Waals surface area (Å²) in [5, 5.41) is 4.53. The van der Waals surface area contributed by atoms with E-state index in [0.717, 1.165) is 10.2 Å². The molecule has 0 aliphatic carbocycles. The summed E-state index contributed by atoms with van der Waals surface area (Å²) in [6.07, 6.45) is 2.16. The summed E-state index contributed by atoms with van der Waals surface area (Å²) in [5.74, 6) is 1.26. The molecule has 0 saturated carbocycles. The predicted octanol–water partition coefficient (Wildman–Crippen LogP) is 3.53. The van der Waals surface area contributed by atoms with Gasteiger partial charge in [-0.15, -0.1) is 0 Å². The second-order valence-corrected chi connectivity index (χ2v) is 6.42. The predicted molar refractivity (Wildman–Crippen MR) is 93.4 cm³/mol. The number of fused-ring (bicyclic) bond motifs is 1.